The molecule has 0 radical (unpaired) electrons. The van der Waals surface area contributed by atoms with Crippen LogP contribution in [0.4, 0.5) is 0 Å². The highest BCUT2D eigenvalue weighted by atomic mass is 32.2. The van der Waals surface area contributed by atoms with Crippen LogP contribution in [0, 0.1) is 5.41 Å². The van der Waals surface area contributed by atoms with Crippen LogP contribution in [0.2, 0.25) is 24.2 Å². The van der Waals surface area contributed by atoms with E-state index in [9.17, 15) is 60.0 Å². The number of benzene rings is 3. The van der Waals surface area contributed by atoms with Crippen molar-refractivity contribution in [3.8, 4) is 5.75 Å². The quantitative estimate of drug-likeness (QED) is 0.00989. The van der Waals surface area contributed by atoms with Gasteiger partial charge in [-0.25, -0.2) is 44.9 Å². The van der Waals surface area contributed by atoms with Gasteiger partial charge in [0.2, 0.25) is 0 Å². The van der Waals surface area contributed by atoms with Gasteiger partial charge in [-0.1, -0.05) is 60.7 Å². The average molecular weight is 2100 g/mol. The third-order valence-electron chi connectivity index (χ3n) is 18.7. The Morgan fingerprint density at radius 1 is 0.384 bits per heavy atom. The van der Waals surface area contributed by atoms with Crippen molar-refractivity contribution < 1.29 is 149 Å². The van der Waals surface area contributed by atoms with Crippen molar-refractivity contribution in [1.29, 1.82) is 0 Å². The molecule has 0 spiro atoms. The third kappa shape index (κ3) is 48.7. The van der Waals surface area contributed by atoms with Gasteiger partial charge in [0.25, 0.3) is 23.7 Å². The molecule has 5 rings (SSSR count). The summed E-state index contributed by atoms with van der Waals surface area (Å²) in [5, 5.41) is 0. The van der Waals surface area contributed by atoms with E-state index >= 15 is 0 Å². The van der Waals surface area contributed by atoms with E-state index in [2.05, 4.69) is 13.2 Å². The van der Waals surface area contributed by atoms with Crippen molar-refractivity contribution in [2.24, 2.45) is 5.41 Å². The van der Waals surface area contributed by atoms with Gasteiger partial charge in [0.15, 0.2) is 37.6 Å². The Morgan fingerprint density at radius 2 is 0.688 bits per heavy atom. The van der Waals surface area contributed by atoms with Gasteiger partial charge in [0, 0.05) is 178 Å². The van der Waals surface area contributed by atoms with E-state index in [1.165, 1.54) is 19.1 Å². The van der Waals surface area contributed by atoms with Crippen LogP contribution in [0.15, 0.2) is 134 Å². The summed E-state index contributed by atoms with van der Waals surface area (Å²) in [6, 6.07) is 25.9. The first kappa shape index (κ1) is 131. The number of unbranched alkanes of at least 4 members (excludes halogenated alkanes) is 1. The zero-order valence-corrected chi connectivity index (χ0v) is 93.6. The number of carbonyl (C=O) groups excluding carboxylic acids is 6. The monoisotopic (exact) mass is 2100 g/mol. The molecule has 1 aliphatic heterocycles. The summed E-state index contributed by atoms with van der Waals surface area (Å²) in [6.45, 7) is 56.5. The molecule has 0 aliphatic carbocycles. The second-order valence-corrected chi connectivity index (χ2v) is 50.2. The number of sulfone groups is 2. The Hall–Kier alpha value is -7.27. The number of esters is 3. The van der Waals surface area contributed by atoms with Crippen LogP contribution in [-0.2, 0) is 173 Å². The molecule has 39 nitrogen and oxygen atoms in total. The summed E-state index contributed by atoms with van der Waals surface area (Å²) in [6.07, 6.45) is 5.55. The van der Waals surface area contributed by atoms with E-state index < -0.39 is 137 Å². The van der Waals surface area contributed by atoms with E-state index in [0.29, 0.717) is 190 Å². The molecule has 1 atom stereocenters. The summed E-state index contributed by atoms with van der Waals surface area (Å²) >= 11 is 0. The Balaban J connectivity index is 0.00000164. The first-order valence-corrected chi connectivity index (χ1v) is 62.1. The first-order chi connectivity index (χ1) is 65.3. The molecule has 0 amide bonds. The largest absolute Gasteiger partial charge is 0.709 e. The number of rotatable bonds is 64. The van der Waals surface area contributed by atoms with Crippen molar-refractivity contribution in [3.63, 3.8) is 0 Å². The summed E-state index contributed by atoms with van der Waals surface area (Å²) in [5.41, 5.74) is -2.65. The normalized spacial score (nSPS) is 13.4. The van der Waals surface area contributed by atoms with E-state index in [-0.39, 0.29) is 49.4 Å². The molecule has 1 aromatic heterocycles. The highest BCUT2D eigenvalue weighted by Gasteiger charge is 2.55. The summed E-state index contributed by atoms with van der Waals surface area (Å²) < 4.78 is 179. The summed E-state index contributed by atoms with van der Waals surface area (Å²) in [7, 11) is -24.3. The molecule has 2 heterocycles. The Labute approximate surface area is 824 Å². The number of aromatic nitrogens is 3. The maximum Gasteiger partial charge on any atom is 0.709 e. The van der Waals surface area contributed by atoms with Crippen LogP contribution >= 0.6 is 0 Å². The average Bonchev–Trinajstić information content (AvgIpc) is 0.760. The molecule has 3 aromatic carbocycles. The molecule has 47 heteroatoms. The van der Waals surface area contributed by atoms with E-state index in [4.69, 9.17) is 103 Å². The summed E-state index contributed by atoms with van der Waals surface area (Å²) in [5.74, 6) is -4.01. The fourth-order valence-electron chi connectivity index (χ4n) is 13.5. The van der Waals surface area contributed by atoms with Gasteiger partial charge >= 0.3 is 87.8 Å². The van der Waals surface area contributed by atoms with Gasteiger partial charge in [-0.15, -0.1) is 13.2 Å². The van der Waals surface area contributed by atoms with Crippen molar-refractivity contribution in [1.82, 2.24) is 13.7 Å². The number of nitrogens with zero attached hydrogens (tertiary/aromatic N) is 3. The lowest BCUT2D eigenvalue weighted by Crippen LogP contribution is -2.54. The Bertz CT molecular complexity index is 4380. The smallest absolute Gasteiger partial charge is 0.465 e. The molecule has 790 valence electrons. The zero-order valence-electron chi connectivity index (χ0n) is 85.9. The van der Waals surface area contributed by atoms with Crippen LogP contribution in [0.25, 0.3) is 0 Å². The van der Waals surface area contributed by atoms with E-state index in [1.54, 1.807) is 107 Å². The number of ether oxygens (including phenoxy) is 5. The van der Waals surface area contributed by atoms with Crippen LogP contribution in [0.1, 0.15) is 210 Å². The van der Waals surface area contributed by atoms with Crippen molar-refractivity contribution in [3.05, 3.63) is 147 Å². The molecule has 1 fully saturated rings. The minimum atomic E-state index is -3.90. The van der Waals surface area contributed by atoms with Crippen molar-refractivity contribution >= 4 is 108 Å². The van der Waals surface area contributed by atoms with E-state index in [0.717, 1.165) is 34.5 Å². The van der Waals surface area contributed by atoms with Crippen LogP contribution in [-0.4, -0.2) is 255 Å². The van der Waals surface area contributed by atoms with Gasteiger partial charge < -0.3 is 103 Å². The molecule has 0 saturated carbocycles. The number of allylic oxidation sites excluding steroid dienone is 2. The lowest BCUT2D eigenvalue weighted by molar-refractivity contribution is -0.250. The number of hydrogen-bond acceptors (Lipinski definition) is 36. The van der Waals surface area contributed by atoms with Gasteiger partial charge in [-0.2, -0.15) is 0 Å². The Morgan fingerprint density at radius 3 is 1.00 bits per heavy atom. The molecule has 1 unspecified atom stereocenters. The Kier molecular flexibility index (Phi) is 66.0. The predicted octanol–water partition coefficient (Wildman–Crippen LogP) is 13.1. The highest BCUT2D eigenvalue weighted by Crippen LogP contribution is 2.38. The maximum atomic E-state index is 12.6. The molecule has 0 bridgehead atoms. The molecular weight excluding hydrogens is 1940 g/mol. The fourth-order valence-corrected chi connectivity index (χ4v) is 31.5. The lowest BCUT2D eigenvalue weighted by atomic mass is 9.85. The van der Waals surface area contributed by atoms with Gasteiger partial charge in [-0.05, 0) is 205 Å². The van der Waals surface area contributed by atoms with Gasteiger partial charge in [-0.3, -0.25) is 28.8 Å². The van der Waals surface area contributed by atoms with Crippen molar-refractivity contribution in [2.45, 2.75) is 276 Å². The lowest BCUT2D eigenvalue weighted by Gasteiger charge is -2.38. The maximum absolute atomic E-state index is 12.6. The number of carbonyl (C=O) groups is 6. The molecule has 4 aromatic rings. The highest BCUT2D eigenvalue weighted by molar-refractivity contribution is 7.91. The van der Waals surface area contributed by atoms with Crippen LogP contribution < -0.4 is 21.8 Å². The SMILES string of the molecule is C=CCn1c(=O)n(CC=C)c(=O)n(CCC[Si](OCC)(OCC)OCC)c1=O.CCOC(C)Oc1ccc(C[Si](OC(C)=O)(OC(C)=O)OC(C)=O)cc1.CCO[Si](CCCC1(C)C(=O)OC(C)(C)OC1=O)(OCC)OCC.CCO[Si](CCCCS(=O)(=O)c1ccccc1)(OCC)OCC.CCO[Si](CCCS(=O)(=O)c1ccccc1)(OCC)OCC.CCO[Si](COC(C)=O)(OCC)OCC. The van der Waals surface area contributed by atoms with Crippen LogP contribution in [0.3, 0.4) is 0 Å². The predicted molar refractivity (Wildman–Crippen MR) is 531 cm³/mol. The standard InChI is InChI=1S/C18H31N3O6Si.C17H24O8Si.C16H30O7Si.C16H28O5SSi.C15H26O5SSi.C9H20O5Si/c1-6-12-19-16(22)20(13-7-2)18(24)21(17(19)23)14-11-15-28(25-8-3,26-9-4)27-10-5;1-6-21-15(5)22-17-9-7-16(8-10-17)11-26(23-12(2)18,24-13(3)19)25-14(4)20;1-7-19-24(20-8-2,21-9-3)12-10-11-16(6)13(17)22-15(4,5)23-14(16)18;1-4-19-23(20-5-2,21-6-3)15-11-10-14-22(17,18)16-12-8-7-9-13-16;1-4-18-22(19-5-2,20-6-3)14-10-13-21(16,17)15-11-8-7-9-12-15;1-5-12-15(13-6-2,14-7-3)8-11-9(4)10/h6-7H,1-2,8-15H2,3-5H3;7-10,15H,6,11H2,1-5H3;7-12H2,1-6H3;7-9,12-13H,4-6,10-11,14-15H2,1-3H3;7-9,11-12H,4-6,10,13-14H2,1-3H3;5-8H2,1-4H3. The zero-order chi connectivity index (χ0) is 105. The second-order valence-electron chi connectivity index (χ2n) is 30.2. The number of hydrogen-bond donors (Lipinski definition) is 0. The molecular formula is C91H159N3O36S2Si6. The fraction of sp³-hybridized carbons (Fsp3) is 0.659. The summed E-state index contributed by atoms with van der Waals surface area (Å²) in [4.78, 5) is 108. The van der Waals surface area contributed by atoms with Crippen LogP contribution in [0.5, 0.6) is 5.75 Å². The van der Waals surface area contributed by atoms with Crippen molar-refractivity contribution in [2.75, 3.05) is 123 Å². The van der Waals surface area contributed by atoms with E-state index in [1.807, 2.05) is 117 Å². The third-order valence-corrected chi connectivity index (χ3v) is 40.3. The topological polar surface area (TPSA) is 449 Å². The second kappa shape index (κ2) is 69.6. The van der Waals surface area contributed by atoms with Gasteiger partial charge in [0.05, 0.1) is 40.4 Å². The minimum Gasteiger partial charge on any atom is -0.465 e. The first-order valence-electron chi connectivity index (χ1n) is 47.2. The molecule has 1 saturated heterocycles. The number of cyclic esters (lactones) is 2. The molecule has 1 aliphatic rings. The molecule has 138 heavy (non-hydrogen) atoms. The minimum absolute atomic E-state index is 0.0185. The molecule has 0 N–H and O–H groups in total. The van der Waals surface area contributed by atoms with Gasteiger partial charge in [0.1, 0.15) is 5.75 Å².